The van der Waals surface area contributed by atoms with Gasteiger partial charge in [-0.3, -0.25) is 9.69 Å². The predicted molar refractivity (Wildman–Crippen MR) is 76.1 cm³/mol. The van der Waals surface area contributed by atoms with Gasteiger partial charge in [0.1, 0.15) is 0 Å². The monoisotopic (exact) mass is 286 g/mol. The number of thiophene rings is 1. The van der Waals surface area contributed by atoms with E-state index in [2.05, 4.69) is 5.32 Å². The number of amides is 1. The minimum atomic E-state index is 0.132. The third-order valence-electron chi connectivity index (χ3n) is 3.19. The number of nitrogens with zero attached hydrogens (tertiary/aromatic N) is 1. The molecule has 0 aromatic carbocycles. The van der Waals surface area contributed by atoms with Crippen LogP contribution in [0.15, 0.2) is 12.1 Å². The standard InChI is InChI=1S/C13H19ClN2OS/c1-16(8-11-6-7-12(14)18-11)9-13(17)15-10-4-2-3-5-10/h6-7,10H,2-5,8-9H2,1H3,(H,15,17). The van der Waals surface area contributed by atoms with Crippen molar-refractivity contribution >= 4 is 28.8 Å². The maximum atomic E-state index is 11.8. The van der Waals surface area contributed by atoms with Crippen LogP contribution >= 0.6 is 22.9 Å². The fraction of sp³-hybridized carbons (Fsp3) is 0.615. The quantitative estimate of drug-likeness (QED) is 0.903. The Labute approximate surface area is 117 Å². The van der Waals surface area contributed by atoms with Crippen molar-refractivity contribution in [2.75, 3.05) is 13.6 Å². The second-order valence-corrected chi connectivity index (χ2v) is 6.73. The lowest BCUT2D eigenvalue weighted by Gasteiger charge is -2.17. The molecule has 1 aromatic rings. The van der Waals surface area contributed by atoms with Crippen LogP contribution in [0.2, 0.25) is 4.34 Å². The number of halogens is 1. The SMILES string of the molecule is CN(CC(=O)NC1CCCC1)Cc1ccc(Cl)s1. The minimum Gasteiger partial charge on any atom is -0.352 e. The summed E-state index contributed by atoms with van der Waals surface area (Å²) < 4.78 is 0.800. The van der Waals surface area contributed by atoms with Crippen LogP contribution in [0.3, 0.4) is 0 Å². The van der Waals surface area contributed by atoms with E-state index in [4.69, 9.17) is 11.6 Å². The van der Waals surface area contributed by atoms with Crippen molar-refractivity contribution in [2.24, 2.45) is 0 Å². The molecule has 1 N–H and O–H groups in total. The number of likely N-dealkylation sites (N-methyl/N-ethyl adjacent to an activating group) is 1. The first-order valence-electron chi connectivity index (χ1n) is 6.35. The van der Waals surface area contributed by atoms with Crippen LogP contribution in [-0.2, 0) is 11.3 Å². The summed E-state index contributed by atoms with van der Waals surface area (Å²) >= 11 is 7.45. The van der Waals surface area contributed by atoms with Crippen LogP contribution in [-0.4, -0.2) is 30.4 Å². The van der Waals surface area contributed by atoms with Crippen molar-refractivity contribution in [3.05, 3.63) is 21.3 Å². The number of hydrogen-bond acceptors (Lipinski definition) is 3. The van der Waals surface area contributed by atoms with E-state index in [1.54, 1.807) is 11.3 Å². The summed E-state index contributed by atoms with van der Waals surface area (Å²) in [5.41, 5.74) is 0. The van der Waals surface area contributed by atoms with Gasteiger partial charge >= 0.3 is 0 Å². The van der Waals surface area contributed by atoms with Crippen molar-refractivity contribution in [3.8, 4) is 0 Å². The Kier molecular flexibility index (Phi) is 5.03. The van der Waals surface area contributed by atoms with Crippen LogP contribution in [0.1, 0.15) is 30.6 Å². The number of carbonyl (C=O) groups excluding carboxylic acids is 1. The Morgan fingerprint density at radius 3 is 2.83 bits per heavy atom. The van der Waals surface area contributed by atoms with Gasteiger partial charge in [-0.1, -0.05) is 24.4 Å². The first-order valence-corrected chi connectivity index (χ1v) is 7.55. The second-order valence-electron chi connectivity index (χ2n) is 4.93. The first-order chi connectivity index (χ1) is 8.63. The van der Waals surface area contributed by atoms with E-state index in [0.717, 1.165) is 23.7 Å². The van der Waals surface area contributed by atoms with Gasteiger partial charge in [-0.05, 0) is 32.0 Å². The normalized spacial score (nSPS) is 16.4. The van der Waals surface area contributed by atoms with Gasteiger partial charge in [-0.15, -0.1) is 11.3 Å². The molecule has 0 atom stereocenters. The van der Waals surface area contributed by atoms with Crippen LogP contribution in [0.4, 0.5) is 0 Å². The molecule has 3 nitrogen and oxygen atoms in total. The molecule has 1 saturated carbocycles. The fourth-order valence-electron chi connectivity index (χ4n) is 2.35. The van der Waals surface area contributed by atoms with Gasteiger partial charge in [0.05, 0.1) is 10.9 Å². The summed E-state index contributed by atoms with van der Waals surface area (Å²) in [6.07, 6.45) is 4.76. The molecule has 1 amide bonds. The van der Waals surface area contributed by atoms with E-state index < -0.39 is 0 Å². The molecule has 100 valence electrons. The Hall–Kier alpha value is -0.580. The van der Waals surface area contributed by atoms with E-state index in [-0.39, 0.29) is 5.91 Å². The van der Waals surface area contributed by atoms with Gasteiger partial charge in [-0.25, -0.2) is 0 Å². The smallest absolute Gasteiger partial charge is 0.234 e. The highest BCUT2D eigenvalue weighted by atomic mass is 35.5. The molecule has 1 aromatic heterocycles. The van der Waals surface area contributed by atoms with Gasteiger partial charge in [-0.2, -0.15) is 0 Å². The summed E-state index contributed by atoms with van der Waals surface area (Å²) in [5, 5.41) is 3.10. The van der Waals surface area contributed by atoms with Crippen molar-refractivity contribution in [1.82, 2.24) is 10.2 Å². The molecule has 1 aliphatic rings. The Morgan fingerprint density at radius 2 is 2.22 bits per heavy atom. The van der Waals surface area contributed by atoms with Crippen LogP contribution in [0, 0.1) is 0 Å². The van der Waals surface area contributed by atoms with Crippen LogP contribution in [0.5, 0.6) is 0 Å². The van der Waals surface area contributed by atoms with Crippen LogP contribution < -0.4 is 5.32 Å². The van der Waals surface area contributed by atoms with Crippen molar-refractivity contribution in [1.29, 1.82) is 0 Å². The molecule has 1 fully saturated rings. The number of rotatable bonds is 5. The molecule has 18 heavy (non-hydrogen) atoms. The zero-order chi connectivity index (χ0) is 13.0. The highest BCUT2D eigenvalue weighted by Crippen LogP contribution is 2.22. The first kappa shape index (κ1) is 13.8. The molecule has 0 spiro atoms. The molecule has 2 rings (SSSR count). The van der Waals surface area contributed by atoms with E-state index in [1.807, 2.05) is 24.1 Å². The molecule has 5 heteroatoms. The predicted octanol–water partition coefficient (Wildman–Crippen LogP) is 2.89. The van der Waals surface area contributed by atoms with Crippen molar-refractivity contribution < 1.29 is 4.79 Å². The Balaban J connectivity index is 1.72. The molecular formula is C13H19ClN2OS. The maximum absolute atomic E-state index is 11.8. The zero-order valence-corrected chi connectivity index (χ0v) is 12.2. The minimum absolute atomic E-state index is 0.132. The largest absolute Gasteiger partial charge is 0.352 e. The zero-order valence-electron chi connectivity index (χ0n) is 10.6. The highest BCUT2D eigenvalue weighted by molar-refractivity contribution is 7.16. The lowest BCUT2D eigenvalue weighted by atomic mass is 10.2. The highest BCUT2D eigenvalue weighted by Gasteiger charge is 2.17. The van der Waals surface area contributed by atoms with Crippen LogP contribution in [0.25, 0.3) is 0 Å². The number of nitrogens with one attached hydrogen (secondary N) is 1. The molecule has 0 bridgehead atoms. The van der Waals surface area contributed by atoms with Gasteiger partial charge in [0.15, 0.2) is 0 Å². The third kappa shape index (κ3) is 4.26. The summed E-state index contributed by atoms with van der Waals surface area (Å²) in [5.74, 6) is 0.132. The topological polar surface area (TPSA) is 32.3 Å². The molecule has 0 aliphatic heterocycles. The number of carbonyl (C=O) groups is 1. The van der Waals surface area contributed by atoms with E-state index in [9.17, 15) is 4.79 Å². The van der Waals surface area contributed by atoms with E-state index >= 15 is 0 Å². The molecular weight excluding hydrogens is 268 g/mol. The van der Waals surface area contributed by atoms with Crippen molar-refractivity contribution in [3.63, 3.8) is 0 Å². The maximum Gasteiger partial charge on any atom is 0.234 e. The van der Waals surface area contributed by atoms with Crippen molar-refractivity contribution in [2.45, 2.75) is 38.3 Å². The van der Waals surface area contributed by atoms with E-state index in [1.165, 1.54) is 17.7 Å². The lowest BCUT2D eigenvalue weighted by molar-refractivity contribution is -0.122. The molecule has 0 unspecified atom stereocenters. The summed E-state index contributed by atoms with van der Waals surface area (Å²) in [6, 6.07) is 4.31. The van der Waals surface area contributed by atoms with E-state index in [0.29, 0.717) is 12.6 Å². The van der Waals surface area contributed by atoms with Gasteiger partial charge in [0.2, 0.25) is 5.91 Å². The molecule has 0 radical (unpaired) electrons. The lowest BCUT2D eigenvalue weighted by Crippen LogP contribution is -2.39. The summed E-state index contributed by atoms with van der Waals surface area (Å²) in [6.45, 7) is 1.22. The Morgan fingerprint density at radius 1 is 1.50 bits per heavy atom. The molecule has 0 saturated heterocycles. The molecule has 1 heterocycles. The fourth-order valence-corrected chi connectivity index (χ4v) is 3.52. The third-order valence-corrected chi connectivity index (χ3v) is 4.40. The Bertz CT molecular complexity index is 401. The van der Waals surface area contributed by atoms with Gasteiger partial charge < -0.3 is 5.32 Å². The number of hydrogen-bond donors (Lipinski definition) is 1. The average molecular weight is 287 g/mol. The van der Waals surface area contributed by atoms with Gasteiger partial charge in [0.25, 0.3) is 0 Å². The second kappa shape index (κ2) is 6.55. The average Bonchev–Trinajstić information content (AvgIpc) is 2.90. The summed E-state index contributed by atoms with van der Waals surface area (Å²) in [4.78, 5) is 15.0. The molecule has 1 aliphatic carbocycles. The summed E-state index contributed by atoms with van der Waals surface area (Å²) in [7, 11) is 1.96. The van der Waals surface area contributed by atoms with Gasteiger partial charge in [0, 0.05) is 17.5 Å².